The molecule has 2 fully saturated rings. The normalized spacial score (nSPS) is 20.4. The molecule has 1 aromatic carbocycles. The minimum absolute atomic E-state index is 0.000921. The number of hydrogen-bond donors (Lipinski definition) is 0. The third-order valence-corrected chi connectivity index (χ3v) is 5.18. The molecule has 0 saturated carbocycles. The van der Waals surface area contributed by atoms with Crippen LogP contribution in [0.25, 0.3) is 0 Å². The molecule has 0 N–H and O–H groups in total. The molecule has 3 rings (SSSR count). The summed E-state index contributed by atoms with van der Waals surface area (Å²) in [6, 6.07) is 9.25. The van der Waals surface area contributed by atoms with Crippen LogP contribution in [-0.4, -0.2) is 77.8 Å². The molecule has 28 heavy (non-hydrogen) atoms. The van der Waals surface area contributed by atoms with Gasteiger partial charge in [-0.1, -0.05) is 44.2 Å². The van der Waals surface area contributed by atoms with E-state index in [4.69, 9.17) is 4.74 Å². The predicted molar refractivity (Wildman–Crippen MR) is 104 cm³/mol. The zero-order valence-electron chi connectivity index (χ0n) is 16.7. The number of ether oxygens (including phenoxy) is 1. The predicted octanol–water partition coefficient (Wildman–Crippen LogP) is 1.13. The van der Waals surface area contributed by atoms with Crippen molar-refractivity contribution in [2.45, 2.75) is 32.9 Å². The first-order valence-corrected chi connectivity index (χ1v) is 9.93. The Morgan fingerprint density at radius 3 is 2.61 bits per heavy atom. The fraction of sp³-hybridized carbons (Fsp3) is 0.571. The van der Waals surface area contributed by atoms with Gasteiger partial charge in [0.05, 0.1) is 13.2 Å². The second-order valence-electron chi connectivity index (χ2n) is 7.86. The summed E-state index contributed by atoms with van der Waals surface area (Å²) >= 11 is 0. The largest absolute Gasteiger partial charge is 0.367 e. The molecular formula is C21H29N3O4. The van der Waals surface area contributed by atoms with Gasteiger partial charge in [0, 0.05) is 26.2 Å². The zero-order chi connectivity index (χ0) is 20.1. The number of nitrogens with zero attached hydrogens (tertiary/aromatic N) is 3. The lowest BCUT2D eigenvalue weighted by atomic mass is 10.1. The quantitative estimate of drug-likeness (QED) is 0.734. The Labute approximate surface area is 166 Å². The van der Waals surface area contributed by atoms with Crippen LogP contribution in [-0.2, 0) is 25.7 Å². The molecule has 0 bridgehead atoms. The first kappa shape index (κ1) is 20.3. The molecule has 7 heteroatoms. The molecule has 0 aromatic heterocycles. The van der Waals surface area contributed by atoms with Crippen LogP contribution < -0.4 is 0 Å². The van der Waals surface area contributed by atoms with E-state index < -0.39 is 6.04 Å². The molecule has 2 heterocycles. The number of hydrogen-bond acceptors (Lipinski definition) is 4. The summed E-state index contributed by atoms with van der Waals surface area (Å²) in [5.74, 6) is 0.187. The molecule has 0 radical (unpaired) electrons. The highest BCUT2D eigenvalue weighted by Gasteiger charge is 2.41. The number of carbonyl (C=O) groups excluding carboxylic acids is 3. The van der Waals surface area contributed by atoms with Crippen molar-refractivity contribution in [3.8, 4) is 0 Å². The number of amides is 3. The molecule has 0 aliphatic carbocycles. The maximum absolute atomic E-state index is 12.8. The smallest absolute Gasteiger partial charge is 0.248 e. The third-order valence-electron chi connectivity index (χ3n) is 5.18. The van der Waals surface area contributed by atoms with Gasteiger partial charge in [-0.2, -0.15) is 0 Å². The van der Waals surface area contributed by atoms with Crippen molar-refractivity contribution < 1.29 is 19.1 Å². The topological polar surface area (TPSA) is 70.2 Å². The van der Waals surface area contributed by atoms with Gasteiger partial charge in [0.1, 0.15) is 12.6 Å². The Morgan fingerprint density at radius 1 is 1.14 bits per heavy atom. The average molecular weight is 387 g/mol. The minimum Gasteiger partial charge on any atom is -0.367 e. The maximum Gasteiger partial charge on any atom is 0.248 e. The zero-order valence-corrected chi connectivity index (χ0v) is 16.7. The lowest BCUT2D eigenvalue weighted by Gasteiger charge is -2.39. The van der Waals surface area contributed by atoms with Crippen molar-refractivity contribution in [1.82, 2.24) is 14.7 Å². The SMILES string of the molecule is CC(C)CN1CC(=O)N2CCN(C(=O)COCc3ccccc3)CCC2C1=O. The Balaban J connectivity index is 1.54. The fourth-order valence-corrected chi connectivity index (χ4v) is 3.79. The third kappa shape index (κ3) is 4.90. The van der Waals surface area contributed by atoms with E-state index in [0.29, 0.717) is 45.1 Å². The summed E-state index contributed by atoms with van der Waals surface area (Å²) in [6.07, 6.45) is 0.476. The van der Waals surface area contributed by atoms with Gasteiger partial charge in [0.15, 0.2) is 0 Å². The molecule has 152 valence electrons. The van der Waals surface area contributed by atoms with Crippen LogP contribution in [0.4, 0.5) is 0 Å². The molecule has 2 saturated heterocycles. The molecule has 1 unspecified atom stereocenters. The van der Waals surface area contributed by atoms with Crippen LogP contribution in [0, 0.1) is 5.92 Å². The molecule has 1 aromatic rings. The number of carbonyl (C=O) groups is 3. The highest BCUT2D eigenvalue weighted by molar-refractivity contribution is 5.95. The Kier molecular flexibility index (Phi) is 6.67. The number of fused-ring (bicyclic) bond motifs is 1. The second kappa shape index (κ2) is 9.19. The lowest BCUT2D eigenvalue weighted by molar-refractivity contribution is -0.156. The first-order chi connectivity index (χ1) is 13.5. The molecule has 7 nitrogen and oxygen atoms in total. The van der Waals surface area contributed by atoms with Crippen molar-refractivity contribution in [3.05, 3.63) is 35.9 Å². The van der Waals surface area contributed by atoms with Gasteiger partial charge >= 0.3 is 0 Å². The van der Waals surface area contributed by atoms with E-state index in [1.54, 1.807) is 14.7 Å². The minimum atomic E-state index is -0.456. The first-order valence-electron chi connectivity index (χ1n) is 9.93. The summed E-state index contributed by atoms with van der Waals surface area (Å²) in [7, 11) is 0. The van der Waals surface area contributed by atoms with E-state index in [1.165, 1.54) is 0 Å². The summed E-state index contributed by atoms with van der Waals surface area (Å²) in [6.45, 7) is 6.48. The van der Waals surface area contributed by atoms with Gasteiger partial charge in [-0.25, -0.2) is 0 Å². The van der Waals surface area contributed by atoms with Gasteiger partial charge in [0.25, 0.3) is 0 Å². The van der Waals surface area contributed by atoms with Crippen molar-refractivity contribution in [2.24, 2.45) is 5.92 Å². The number of benzene rings is 1. The highest BCUT2D eigenvalue weighted by Crippen LogP contribution is 2.20. The second-order valence-corrected chi connectivity index (χ2v) is 7.86. The molecule has 2 aliphatic rings. The van der Waals surface area contributed by atoms with E-state index in [1.807, 2.05) is 44.2 Å². The highest BCUT2D eigenvalue weighted by atomic mass is 16.5. The van der Waals surface area contributed by atoms with E-state index in [2.05, 4.69) is 0 Å². The molecule has 1 atom stereocenters. The van der Waals surface area contributed by atoms with Crippen LogP contribution in [0.15, 0.2) is 30.3 Å². The Hall–Kier alpha value is -2.41. The van der Waals surface area contributed by atoms with Crippen molar-refractivity contribution >= 4 is 17.7 Å². The van der Waals surface area contributed by atoms with Crippen molar-refractivity contribution in [2.75, 3.05) is 39.3 Å². The fourth-order valence-electron chi connectivity index (χ4n) is 3.79. The van der Waals surface area contributed by atoms with Crippen LogP contribution in [0.3, 0.4) is 0 Å². The van der Waals surface area contributed by atoms with Crippen molar-refractivity contribution in [3.63, 3.8) is 0 Å². The van der Waals surface area contributed by atoms with E-state index >= 15 is 0 Å². The number of piperazine rings is 1. The van der Waals surface area contributed by atoms with Gasteiger partial charge in [0.2, 0.25) is 17.7 Å². The summed E-state index contributed by atoms with van der Waals surface area (Å²) in [4.78, 5) is 42.9. The van der Waals surface area contributed by atoms with E-state index in [0.717, 1.165) is 5.56 Å². The average Bonchev–Trinajstić information content (AvgIpc) is 2.90. The summed E-state index contributed by atoms with van der Waals surface area (Å²) in [5.41, 5.74) is 1.02. The summed E-state index contributed by atoms with van der Waals surface area (Å²) < 4.78 is 5.55. The van der Waals surface area contributed by atoms with Gasteiger partial charge < -0.3 is 19.4 Å². The van der Waals surface area contributed by atoms with Gasteiger partial charge in [-0.3, -0.25) is 14.4 Å². The van der Waals surface area contributed by atoms with Gasteiger partial charge in [-0.05, 0) is 17.9 Å². The molecule has 2 aliphatic heterocycles. The standard InChI is InChI=1S/C21H29N3O4/c1-16(2)12-23-13-19(25)24-11-10-22(9-8-18(24)21(23)27)20(26)15-28-14-17-6-4-3-5-7-17/h3-7,16,18H,8-15H2,1-2H3. The van der Waals surface area contributed by atoms with Gasteiger partial charge in [-0.15, -0.1) is 0 Å². The van der Waals surface area contributed by atoms with Crippen LogP contribution in [0.2, 0.25) is 0 Å². The number of rotatable bonds is 6. The lowest BCUT2D eigenvalue weighted by Crippen LogP contribution is -2.60. The van der Waals surface area contributed by atoms with Crippen molar-refractivity contribution in [1.29, 1.82) is 0 Å². The summed E-state index contributed by atoms with van der Waals surface area (Å²) in [5, 5.41) is 0. The van der Waals surface area contributed by atoms with Crippen LogP contribution >= 0.6 is 0 Å². The van der Waals surface area contributed by atoms with E-state index in [9.17, 15) is 14.4 Å². The maximum atomic E-state index is 12.8. The van der Waals surface area contributed by atoms with Crippen LogP contribution in [0.1, 0.15) is 25.8 Å². The molecular weight excluding hydrogens is 358 g/mol. The Morgan fingerprint density at radius 2 is 1.89 bits per heavy atom. The van der Waals surface area contributed by atoms with E-state index in [-0.39, 0.29) is 30.9 Å². The molecule has 3 amide bonds. The Bertz CT molecular complexity index is 707. The monoisotopic (exact) mass is 387 g/mol. The van der Waals surface area contributed by atoms with Crippen LogP contribution in [0.5, 0.6) is 0 Å². The molecule has 0 spiro atoms.